The molecule has 4 N–H and O–H groups in total. The summed E-state index contributed by atoms with van der Waals surface area (Å²) in [6.45, 7) is 0.209. The summed E-state index contributed by atoms with van der Waals surface area (Å²) in [5, 5.41) is 7.12. The molecule has 0 radical (unpaired) electrons. The molecule has 0 bridgehead atoms. The number of piperidine rings is 1. The van der Waals surface area contributed by atoms with E-state index < -0.39 is 24.2 Å². The van der Waals surface area contributed by atoms with Gasteiger partial charge in [-0.2, -0.15) is 26.3 Å². The minimum absolute atomic E-state index is 0.00674. The van der Waals surface area contributed by atoms with Crippen LogP contribution in [0.5, 0.6) is 0 Å². The highest BCUT2D eigenvalue weighted by atomic mass is 19.4. The van der Waals surface area contributed by atoms with Crippen molar-refractivity contribution in [3.63, 3.8) is 0 Å². The number of nitrogens with one attached hydrogen (secondary N) is 1. The maximum atomic E-state index is 12.0. The zero-order valence-electron chi connectivity index (χ0n) is 10.5. The summed E-state index contributed by atoms with van der Waals surface area (Å²) in [5.41, 5.74) is 2.48. The van der Waals surface area contributed by atoms with Crippen molar-refractivity contribution in [1.29, 1.82) is 0 Å². The van der Waals surface area contributed by atoms with E-state index in [9.17, 15) is 31.1 Å². The van der Waals surface area contributed by atoms with Crippen LogP contribution in [0, 0.1) is 0 Å². The van der Waals surface area contributed by atoms with Gasteiger partial charge in [0.25, 0.3) is 0 Å². The van der Waals surface area contributed by atoms with Crippen molar-refractivity contribution in [1.82, 2.24) is 10.3 Å². The molecule has 1 rings (SSSR count). The van der Waals surface area contributed by atoms with Crippen molar-refractivity contribution in [2.45, 2.75) is 31.2 Å². The highest BCUT2D eigenvalue weighted by molar-refractivity contribution is 5.81. The largest absolute Gasteiger partial charge is 0.490 e. The highest BCUT2D eigenvalue weighted by Gasteiger charge is 2.43. The van der Waals surface area contributed by atoms with Gasteiger partial charge in [-0.15, -0.1) is 0 Å². The van der Waals surface area contributed by atoms with E-state index in [1.807, 2.05) is 0 Å². The van der Waals surface area contributed by atoms with E-state index >= 15 is 0 Å². The van der Waals surface area contributed by atoms with Crippen LogP contribution >= 0.6 is 0 Å². The molecule has 1 saturated heterocycles. The molecular weight excluding hydrogens is 312 g/mol. The second-order valence-electron chi connectivity index (χ2n) is 4.03. The van der Waals surface area contributed by atoms with Crippen LogP contribution < -0.4 is 11.3 Å². The Bertz CT molecular complexity index is 363. The van der Waals surface area contributed by atoms with Crippen LogP contribution in [0.4, 0.5) is 26.3 Å². The average Bonchev–Trinajstić information content (AvgIpc) is 2.36. The third-order valence-electron chi connectivity index (χ3n) is 2.50. The summed E-state index contributed by atoms with van der Waals surface area (Å²) in [5.74, 6) is 0.621. The number of amides is 1. The first kappa shape index (κ1) is 19.4. The quantitative estimate of drug-likeness (QED) is 0.373. The predicted molar refractivity (Wildman–Crippen MR) is 56.7 cm³/mol. The number of hydrazine groups is 1. The number of carboxylic acids is 1. The molecule has 6 nitrogen and oxygen atoms in total. The molecule has 0 aromatic heterocycles. The topological polar surface area (TPSA) is 95.7 Å². The summed E-state index contributed by atoms with van der Waals surface area (Å²) in [4.78, 5) is 20.5. The fourth-order valence-corrected chi connectivity index (χ4v) is 1.43. The molecule has 0 saturated carbocycles. The highest BCUT2D eigenvalue weighted by Crippen LogP contribution is 2.21. The Kier molecular flexibility index (Phi) is 6.90. The van der Waals surface area contributed by atoms with Crippen molar-refractivity contribution >= 4 is 11.9 Å². The number of hydrogen-bond acceptors (Lipinski definition) is 4. The van der Waals surface area contributed by atoms with Crippen LogP contribution in [0.15, 0.2) is 0 Å². The molecule has 0 unspecified atom stereocenters. The lowest BCUT2D eigenvalue weighted by Gasteiger charge is -2.31. The molecule has 1 aliphatic heterocycles. The number of hydrogen-bond donors (Lipinski definition) is 3. The Balaban J connectivity index is 0.000000486. The lowest BCUT2D eigenvalue weighted by molar-refractivity contribution is -0.192. The molecule has 1 amide bonds. The van der Waals surface area contributed by atoms with E-state index in [0.29, 0.717) is 12.8 Å². The van der Waals surface area contributed by atoms with E-state index in [1.165, 1.54) is 0 Å². The van der Waals surface area contributed by atoms with Gasteiger partial charge < -0.3 is 10.0 Å². The maximum absolute atomic E-state index is 12.0. The van der Waals surface area contributed by atoms with Crippen LogP contribution in [0.3, 0.4) is 0 Å². The molecule has 0 aliphatic carbocycles. The monoisotopic (exact) mass is 325 g/mol. The van der Waals surface area contributed by atoms with Gasteiger partial charge in [0.05, 0.1) is 0 Å². The molecule has 1 aliphatic rings. The van der Waals surface area contributed by atoms with Crippen LogP contribution in [-0.4, -0.2) is 53.4 Å². The summed E-state index contributed by atoms with van der Waals surface area (Å²) >= 11 is 0. The smallest absolute Gasteiger partial charge is 0.475 e. The summed E-state index contributed by atoms with van der Waals surface area (Å²) in [6.07, 6.45) is -8.93. The number of alkyl halides is 6. The minimum Gasteiger partial charge on any atom is -0.475 e. The number of aliphatic carboxylic acids is 1. The van der Waals surface area contributed by atoms with Gasteiger partial charge in [0, 0.05) is 19.1 Å². The zero-order chi connectivity index (χ0) is 16.8. The first-order valence-corrected chi connectivity index (χ1v) is 5.52. The number of halogens is 6. The van der Waals surface area contributed by atoms with E-state index in [-0.39, 0.29) is 19.1 Å². The second-order valence-corrected chi connectivity index (χ2v) is 4.03. The summed E-state index contributed by atoms with van der Waals surface area (Å²) in [6, 6.07) is 0.00674. The maximum Gasteiger partial charge on any atom is 0.490 e. The molecule has 0 atom stereocenters. The van der Waals surface area contributed by atoms with Crippen molar-refractivity contribution in [2.24, 2.45) is 5.84 Å². The van der Waals surface area contributed by atoms with E-state index in [4.69, 9.17) is 15.7 Å². The Morgan fingerprint density at radius 3 is 1.67 bits per heavy atom. The molecule has 12 heteroatoms. The zero-order valence-corrected chi connectivity index (χ0v) is 10.5. The van der Waals surface area contributed by atoms with Crippen LogP contribution in [0.25, 0.3) is 0 Å². The van der Waals surface area contributed by atoms with Gasteiger partial charge in [-0.1, -0.05) is 0 Å². The fourth-order valence-electron chi connectivity index (χ4n) is 1.43. The molecular formula is C9H13F6N3O3. The average molecular weight is 325 g/mol. The SMILES string of the molecule is NNC1CCN(C(=O)C(F)(F)F)CC1.O=C(O)C(F)(F)F. The van der Waals surface area contributed by atoms with Gasteiger partial charge in [-0.3, -0.25) is 16.1 Å². The third kappa shape index (κ3) is 7.13. The molecule has 21 heavy (non-hydrogen) atoms. The van der Waals surface area contributed by atoms with Crippen LogP contribution in [-0.2, 0) is 9.59 Å². The normalized spacial score (nSPS) is 17.0. The second kappa shape index (κ2) is 7.45. The number of nitrogens with two attached hydrogens (primary N) is 1. The molecule has 1 heterocycles. The van der Waals surface area contributed by atoms with Gasteiger partial charge in [0.15, 0.2) is 0 Å². The van der Waals surface area contributed by atoms with E-state index in [0.717, 1.165) is 4.90 Å². The fraction of sp³-hybridized carbons (Fsp3) is 0.778. The molecule has 124 valence electrons. The first-order valence-electron chi connectivity index (χ1n) is 5.52. The number of carbonyl (C=O) groups is 2. The van der Waals surface area contributed by atoms with Gasteiger partial charge in [0.1, 0.15) is 0 Å². The van der Waals surface area contributed by atoms with Crippen molar-refractivity contribution in [2.75, 3.05) is 13.1 Å². The standard InChI is InChI=1S/C7H12F3N3O.C2HF3O2/c8-7(9,10)6(14)13-3-1-5(12-11)2-4-13;3-2(4,5)1(6)7/h5,12H,1-4,11H2;(H,6,7). The number of nitrogens with zero attached hydrogens (tertiary/aromatic N) is 1. The molecule has 0 aromatic rings. The molecule has 0 spiro atoms. The third-order valence-corrected chi connectivity index (χ3v) is 2.50. The lowest BCUT2D eigenvalue weighted by atomic mass is 10.1. The predicted octanol–water partition coefficient (Wildman–Crippen LogP) is 0.636. The van der Waals surface area contributed by atoms with Crippen LogP contribution in [0.1, 0.15) is 12.8 Å². The van der Waals surface area contributed by atoms with Crippen molar-refractivity contribution in [3.8, 4) is 0 Å². The van der Waals surface area contributed by atoms with Crippen molar-refractivity contribution in [3.05, 3.63) is 0 Å². The van der Waals surface area contributed by atoms with Gasteiger partial charge in [-0.25, -0.2) is 4.79 Å². The van der Waals surface area contributed by atoms with Gasteiger partial charge in [0.2, 0.25) is 0 Å². The number of likely N-dealkylation sites (tertiary alicyclic amines) is 1. The molecule has 1 fully saturated rings. The Morgan fingerprint density at radius 2 is 1.43 bits per heavy atom. The number of carbonyl (C=O) groups excluding carboxylic acids is 1. The number of rotatable bonds is 1. The summed E-state index contributed by atoms with van der Waals surface area (Å²) in [7, 11) is 0. The van der Waals surface area contributed by atoms with Gasteiger partial charge in [-0.05, 0) is 12.8 Å². The Labute approximate surface area is 114 Å². The van der Waals surface area contributed by atoms with Gasteiger partial charge >= 0.3 is 24.2 Å². The van der Waals surface area contributed by atoms with E-state index in [2.05, 4.69) is 5.43 Å². The number of carboxylic acid groups (broad SMARTS) is 1. The van der Waals surface area contributed by atoms with Crippen molar-refractivity contribution < 1.29 is 41.0 Å². The molecule has 0 aromatic carbocycles. The first-order chi connectivity index (χ1) is 9.39. The van der Waals surface area contributed by atoms with Crippen LogP contribution in [0.2, 0.25) is 0 Å². The minimum atomic E-state index is -5.08. The Hall–Kier alpha value is -1.56. The van der Waals surface area contributed by atoms with E-state index in [1.54, 1.807) is 0 Å². The lowest BCUT2D eigenvalue weighted by Crippen LogP contribution is -2.50. The summed E-state index contributed by atoms with van der Waals surface area (Å²) < 4.78 is 67.7. The Morgan fingerprint density at radius 1 is 1.05 bits per heavy atom.